The van der Waals surface area contributed by atoms with E-state index < -0.39 is 30.1 Å². The molecule has 1 aromatic heterocycles. The summed E-state index contributed by atoms with van der Waals surface area (Å²) in [6.45, 7) is 0. The first-order valence-corrected chi connectivity index (χ1v) is 5.28. The van der Waals surface area contributed by atoms with Crippen LogP contribution in [-0.2, 0) is 0 Å². The Morgan fingerprint density at radius 1 is 1.37 bits per heavy atom. The highest BCUT2D eigenvalue weighted by atomic mass is 19.4. The lowest BCUT2D eigenvalue weighted by Gasteiger charge is -2.29. The average Bonchev–Trinajstić information content (AvgIpc) is 2.76. The molecule has 1 aliphatic heterocycles. The zero-order valence-electron chi connectivity index (χ0n) is 9.47. The number of aliphatic hydroxyl groups is 1. The highest BCUT2D eigenvalue weighted by Gasteiger charge is 2.48. The number of azo groups is 1. The van der Waals surface area contributed by atoms with Crippen molar-refractivity contribution in [3.63, 3.8) is 0 Å². The molecule has 2 atom stereocenters. The van der Waals surface area contributed by atoms with Gasteiger partial charge in [0.05, 0.1) is 12.6 Å². The van der Waals surface area contributed by atoms with Crippen LogP contribution in [-0.4, -0.2) is 21.8 Å². The molecule has 2 heterocycles. The summed E-state index contributed by atoms with van der Waals surface area (Å²) in [6.07, 6.45) is -3.73. The minimum Gasteiger partial charge on any atom is -0.385 e. The van der Waals surface area contributed by atoms with E-state index in [0.717, 1.165) is 24.5 Å². The summed E-state index contributed by atoms with van der Waals surface area (Å²) in [5.74, 6) is -0.896. The molecule has 0 saturated carbocycles. The molecule has 1 aromatic rings. The van der Waals surface area contributed by atoms with Crippen molar-refractivity contribution >= 4 is 0 Å². The summed E-state index contributed by atoms with van der Waals surface area (Å²) in [5.41, 5.74) is -2.33. The van der Waals surface area contributed by atoms with Gasteiger partial charge in [0.1, 0.15) is 17.5 Å². The Bertz CT molecular complexity index is 515. The van der Waals surface area contributed by atoms with E-state index in [9.17, 15) is 22.7 Å². The maximum atomic E-state index is 13.5. The summed E-state index contributed by atoms with van der Waals surface area (Å²) >= 11 is 0. The quantitative estimate of drug-likeness (QED) is 0.862. The number of nitrogens with zero attached hydrogens (tertiary/aromatic N) is 3. The van der Waals surface area contributed by atoms with Crippen LogP contribution in [0, 0.1) is 5.82 Å². The Hall–Kier alpha value is -1.83. The number of pyridine rings is 1. The first kappa shape index (κ1) is 13.6. The number of aliphatic hydroxyl groups excluding tert-OH is 1. The number of hydrogen-bond acceptors (Lipinski definition) is 4. The molecule has 0 aromatic carbocycles. The van der Waals surface area contributed by atoms with Crippen LogP contribution >= 0.6 is 0 Å². The fourth-order valence-electron chi connectivity index (χ4n) is 1.87. The molecule has 1 N–H and O–H groups in total. The fraction of sp³-hybridized carbons (Fsp3) is 0.364. The minimum absolute atomic E-state index is 0.301. The van der Waals surface area contributed by atoms with Crippen LogP contribution in [0.1, 0.15) is 18.1 Å². The highest BCUT2D eigenvalue weighted by Crippen LogP contribution is 2.42. The van der Waals surface area contributed by atoms with E-state index in [1.165, 1.54) is 6.20 Å². The van der Waals surface area contributed by atoms with Crippen LogP contribution in [0.2, 0.25) is 0 Å². The van der Waals surface area contributed by atoms with Gasteiger partial charge in [-0.3, -0.25) is 4.98 Å². The maximum absolute atomic E-state index is 13.5. The molecule has 8 heteroatoms. The van der Waals surface area contributed by atoms with Gasteiger partial charge in [-0.25, -0.2) is 4.39 Å². The summed E-state index contributed by atoms with van der Waals surface area (Å²) in [6, 6.07) is 1.11. The van der Waals surface area contributed by atoms with Crippen LogP contribution in [0.4, 0.5) is 17.6 Å². The number of alkyl halides is 3. The van der Waals surface area contributed by atoms with Crippen molar-refractivity contribution in [2.75, 3.05) is 0 Å². The summed E-state index contributed by atoms with van der Waals surface area (Å²) in [5, 5.41) is 16.8. The summed E-state index contributed by atoms with van der Waals surface area (Å²) in [7, 11) is 0. The lowest BCUT2D eigenvalue weighted by Crippen LogP contribution is -2.36. The van der Waals surface area contributed by atoms with Gasteiger partial charge in [-0.2, -0.15) is 23.4 Å². The molecule has 0 bridgehead atoms. The molecule has 1 aliphatic rings. The second-order valence-electron chi connectivity index (χ2n) is 4.11. The zero-order chi connectivity index (χ0) is 14.1. The van der Waals surface area contributed by atoms with Crippen molar-refractivity contribution in [1.82, 2.24) is 4.98 Å². The van der Waals surface area contributed by atoms with E-state index in [0.29, 0.717) is 0 Å². The lowest BCUT2D eigenvalue weighted by molar-refractivity contribution is -0.151. The predicted octanol–water partition coefficient (Wildman–Crippen LogP) is 2.92. The molecule has 0 saturated heterocycles. The van der Waals surface area contributed by atoms with Crippen molar-refractivity contribution in [3.05, 3.63) is 42.1 Å². The number of rotatable bonds is 3. The third-order valence-electron chi connectivity index (χ3n) is 2.73. The Balaban J connectivity index is 2.38. The van der Waals surface area contributed by atoms with E-state index in [-0.39, 0.29) is 5.56 Å². The molecule has 0 amide bonds. The van der Waals surface area contributed by atoms with E-state index in [1.807, 2.05) is 0 Å². The van der Waals surface area contributed by atoms with E-state index in [4.69, 9.17) is 0 Å². The van der Waals surface area contributed by atoms with Crippen LogP contribution in [0.15, 0.2) is 41.0 Å². The maximum Gasteiger partial charge on any atom is 0.391 e. The summed E-state index contributed by atoms with van der Waals surface area (Å²) in [4.78, 5) is 3.47. The van der Waals surface area contributed by atoms with E-state index >= 15 is 0 Å². The largest absolute Gasteiger partial charge is 0.391 e. The molecule has 0 aliphatic carbocycles. The topological polar surface area (TPSA) is 57.8 Å². The smallest absolute Gasteiger partial charge is 0.385 e. The molecular formula is C11H9F4N3O. The number of halogens is 4. The van der Waals surface area contributed by atoms with E-state index in [2.05, 4.69) is 15.2 Å². The van der Waals surface area contributed by atoms with Gasteiger partial charge in [0.15, 0.2) is 0 Å². The van der Waals surface area contributed by atoms with Crippen molar-refractivity contribution in [3.8, 4) is 0 Å². The van der Waals surface area contributed by atoms with Crippen molar-refractivity contribution in [1.29, 1.82) is 0 Å². The van der Waals surface area contributed by atoms with Crippen molar-refractivity contribution in [2.24, 2.45) is 10.2 Å². The highest BCUT2D eigenvalue weighted by molar-refractivity contribution is 5.26. The van der Waals surface area contributed by atoms with Gasteiger partial charge in [-0.05, 0) is 12.1 Å². The van der Waals surface area contributed by atoms with Gasteiger partial charge in [-0.1, -0.05) is 0 Å². The average molecular weight is 275 g/mol. The number of aromatic nitrogens is 1. The second-order valence-corrected chi connectivity index (χ2v) is 4.11. The first-order valence-electron chi connectivity index (χ1n) is 5.28. The molecule has 19 heavy (non-hydrogen) atoms. The van der Waals surface area contributed by atoms with Gasteiger partial charge >= 0.3 is 6.18 Å². The Morgan fingerprint density at radius 3 is 2.63 bits per heavy atom. The van der Waals surface area contributed by atoms with E-state index in [1.54, 1.807) is 0 Å². The minimum atomic E-state index is -4.57. The fourth-order valence-corrected chi connectivity index (χ4v) is 1.87. The van der Waals surface area contributed by atoms with Gasteiger partial charge in [0.2, 0.25) is 0 Å². The monoisotopic (exact) mass is 275 g/mol. The second kappa shape index (κ2) is 4.69. The first-order chi connectivity index (χ1) is 8.84. The molecule has 0 radical (unpaired) electrons. The Kier molecular flexibility index (Phi) is 3.36. The van der Waals surface area contributed by atoms with Crippen LogP contribution in [0.25, 0.3) is 0 Å². The van der Waals surface area contributed by atoms with Gasteiger partial charge in [0.25, 0.3) is 0 Å². The Labute approximate surface area is 105 Å². The Morgan fingerprint density at radius 2 is 2.11 bits per heavy atom. The van der Waals surface area contributed by atoms with Crippen LogP contribution in [0.5, 0.6) is 0 Å². The van der Waals surface area contributed by atoms with Gasteiger partial charge < -0.3 is 5.11 Å². The molecule has 0 spiro atoms. The molecule has 2 unspecified atom stereocenters. The number of hydrogen-bond donors (Lipinski definition) is 1. The molecule has 4 nitrogen and oxygen atoms in total. The summed E-state index contributed by atoms with van der Waals surface area (Å²) < 4.78 is 51.2. The SMILES string of the molecule is OC(c1ccncc1F)C1(CC(F)(F)F)C=CN=N1. The third kappa shape index (κ3) is 2.78. The predicted molar refractivity (Wildman–Crippen MR) is 56.6 cm³/mol. The van der Waals surface area contributed by atoms with Gasteiger partial charge in [0, 0.05) is 18.0 Å². The lowest BCUT2D eigenvalue weighted by atomic mass is 9.85. The molecular weight excluding hydrogens is 266 g/mol. The third-order valence-corrected chi connectivity index (χ3v) is 2.73. The van der Waals surface area contributed by atoms with Gasteiger partial charge in [-0.15, -0.1) is 0 Å². The van der Waals surface area contributed by atoms with Crippen molar-refractivity contribution in [2.45, 2.75) is 24.2 Å². The zero-order valence-corrected chi connectivity index (χ0v) is 9.47. The van der Waals surface area contributed by atoms with Crippen molar-refractivity contribution < 1.29 is 22.7 Å². The normalized spacial score (nSPS) is 23.8. The standard InChI is InChI=1S/C11H9F4N3O/c12-8-5-16-3-1-7(8)9(19)10(2-4-17-18-10)6-11(13,14)15/h1-5,9,19H,6H2. The van der Waals surface area contributed by atoms with Crippen LogP contribution < -0.4 is 0 Å². The molecule has 102 valence electrons. The molecule has 0 fully saturated rings. The molecule has 2 rings (SSSR count). The van der Waals surface area contributed by atoms with Crippen LogP contribution in [0.3, 0.4) is 0 Å².